The molecule has 0 aromatic carbocycles. The molecule has 0 saturated carbocycles. The molecule has 0 heterocycles. The van der Waals surface area contributed by atoms with Gasteiger partial charge in [-0.15, -0.1) is 0 Å². The molecule has 0 saturated heterocycles. The lowest BCUT2D eigenvalue weighted by atomic mass is 10.3. The van der Waals surface area contributed by atoms with E-state index in [1.165, 1.54) is 0 Å². The van der Waals surface area contributed by atoms with Gasteiger partial charge >= 0.3 is 0 Å². The second-order valence-electron chi connectivity index (χ2n) is 2.87. The molecule has 4 heteroatoms. The van der Waals surface area contributed by atoms with Crippen LogP contribution in [0.25, 0.3) is 0 Å². The van der Waals surface area contributed by atoms with Crippen molar-refractivity contribution in [3.05, 3.63) is 0 Å². The highest BCUT2D eigenvalue weighted by molar-refractivity contribution is 4.56. The summed E-state index contributed by atoms with van der Waals surface area (Å²) in [5.74, 6) is 0. The maximum absolute atomic E-state index is 4.98. The summed E-state index contributed by atoms with van der Waals surface area (Å²) in [6.07, 6.45) is 0.389. The third-order valence-corrected chi connectivity index (χ3v) is 1.90. The van der Waals surface area contributed by atoms with E-state index in [1.54, 1.807) is 28.4 Å². The van der Waals surface area contributed by atoms with Crippen molar-refractivity contribution in [1.82, 2.24) is 0 Å². The molecule has 88 valence electrons. The zero-order valence-electron chi connectivity index (χ0n) is 10.2. The van der Waals surface area contributed by atoms with E-state index < -0.39 is 0 Å². The molecule has 0 rings (SSSR count). The Bertz CT molecular complexity index is 86.1. The monoisotopic (exact) mass is 208 g/mol. The Balaban J connectivity index is 0. The summed E-state index contributed by atoms with van der Waals surface area (Å²) < 4.78 is 19.3. The summed E-state index contributed by atoms with van der Waals surface area (Å²) in [5.41, 5.74) is 0. The molecule has 0 bridgehead atoms. The van der Waals surface area contributed by atoms with Crippen LogP contribution >= 0.6 is 0 Å². The Hall–Kier alpha value is -0.160. The molecule has 0 fully saturated rings. The van der Waals surface area contributed by atoms with E-state index >= 15 is 0 Å². The van der Waals surface area contributed by atoms with Gasteiger partial charge in [-0.05, 0) is 13.8 Å². The van der Waals surface area contributed by atoms with Gasteiger partial charge in [-0.2, -0.15) is 0 Å². The zero-order chi connectivity index (χ0) is 11.4. The lowest BCUT2D eigenvalue weighted by Crippen LogP contribution is -2.23. The van der Waals surface area contributed by atoms with Crippen molar-refractivity contribution in [2.45, 2.75) is 26.1 Å². The van der Waals surface area contributed by atoms with E-state index in [4.69, 9.17) is 9.47 Å². The van der Waals surface area contributed by atoms with Crippen molar-refractivity contribution in [3.63, 3.8) is 0 Å². The standard InChI is InChI=1S/C6H14O2.C4H10O2/c1-5(7-3)6(2)8-4;1-5-3-4-6-2/h5-6H,1-4H3;3-4H2,1-2H3. The molecule has 0 N–H and O–H groups in total. The molecule has 2 atom stereocenters. The predicted octanol–water partition coefficient (Wildman–Crippen LogP) is 1.34. The third-order valence-electron chi connectivity index (χ3n) is 1.90. The third kappa shape index (κ3) is 11.8. The Morgan fingerprint density at radius 1 is 0.714 bits per heavy atom. The Kier molecular flexibility index (Phi) is 14.9. The van der Waals surface area contributed by atoms with Crippen molar-refractivity contribution in [3.8, 4) is 0 Å². The van der Waals surface area contributed by atoms with Crippen LogP contribution in [0.5, 0.6) is 0 Å². The van der Waals surface area contributed by atoms with E-state index in [-0.39, 0.29) is 12.2 Å². The van der Waals surface area contributed by atoms with Crippen LogP contribution in [0.4, 0.5) is 0 Å². The van der Waals surface area contributed by atoms with Crippen LogP contribution in [0.3, 0.4) is 0 Å². The molecule has 0 radical (unpaired) electrons. The summed E-state index contributed by atoms with van der Waals surface area (Å²) in [6, 6.07) is 0. The Labute approximate surface area is 87.5 Å². The first kappa shape index (κ1) is 16.3. The lowest BCUT2D eigenvalue weighted by Gasteiger charge is -2.15. The van der Waals surface area contributed by atoms with Gasteiger partial charge < -0.3 is 18.9 Å². The van der Waals surface area contributed by atoms with Gasteiger partial charge in [0.2, 0.25) is 0 Å². The highest BCUT2D eigenvalue weighted by Crippen LogP contribution is 1.98. The predicted molar refractivity (Wildman–Crippen MR) is 56.7 cm³/mol. The average Bonchev–Trinajstić information content (AvgIpc) is 2.24. The molecule has 0 aromatic rings. The van der Waals surface area contributed by atoms with E-state index in [2.05, 4.69) is 9.47 Å². The molecule has 14 heavy (non-hydrogen) atoms. The average molecular weight is 208 g/mol. The van der Waals surface area contributed by atoms with Crippen LogP contribution in [-0.4, -0.2) is 53.9 Å². The Morgan fingerprint density at radius 2 is 1.00 bits per heavy atom. The summed E-state index contributed by atoms with van der Waals surface area (Å²) in [7, 11) is 6.67. The van der Waals surface area contributed by atoms with Crippen molar-refractivity contribution in [2.24, 2.45) is 0 Å². The van der Waals surface area contributed by atoms with Gasteiger partial charge in [-0.1, -0.05) is 0 Å². The van der Waals surface area contributed by atoms with Gasteiger partial charge in [0.25, 0.3) is 0 Å². The van der Waals surface area contributed by atoms with Crippen LogP contribution in [0.15, 0.2) is 0 Å². The molecular weight excluding hydrogens is 184 g/mol. The summed E-state index contributed by atoms with van der Waals surface area (Å²) in [5, 5.41) is 0. The zero-order valence-corrected chi connectivity index (χ0v) is 10.2. The minimum atomic E-state index is 0.194. The minimum absolute atomic E-state index is 0.194. The number of ether oxygens (including phenoxy) is 4. The number of methoxy groups -OCH3 is 4. The van der Waals surface area contributed by atoms with Crippen LogP contribution in [0.1, 0.15) is 13.8 Å². The lowest BCUT2D eigenvalue weighted by molar-refractivity contribution is -0.0157. The maximum Gasteiger partial charge on any atom is 0.0801 e. The van der Waals surface area contributed by atoms with Crippen molar-refractivity contribution >= 4 is 0 Å². The fourth-order valence-corrected chi connectivity index (χ4v) is 0.550. The molecular formula is C10H24O4. The van der Waals surface area contributed by atoms with Crippen LogP contribution in [-0.2, 0) is 18.9 Å². The van der Waals surface area contributed by atoms with Crippen molar-refractivity contribution in [1.29, 1.82) is 0 Å². The van der Waals surface area contributed by atoms with Gasteiger partial charge in [-0.25, -0.2) is 0 Å². The normalized spacial score (nSPS) is 14.1. The number of hydrogen-bond acceptors (Lipinski definition) is 4. The first-order valence-electron chi connectivity index (χ1n) is 4.67. The van der Waals surface area contributed by atoms with Gasteiger partial charge in [-0.3, -0.25) is 0 Å². The van der Waals surface area contributed by atoms with Gasteiger partial charge in [0.1, 0.15) is 0 Å². The molecule has 2 unspecified atom stereocenters. The first-order chi connectivity index (χ1) is 6.63. The SMILES string of the molecule is COC(C)C(C)OC.COCCOC. The van der Waals surface area contributed by atoms with Gasteiger partial charge in [0, 0.05) is 28.4 Å². The van der Waals surface area contributed by atoms with E-state index in [1.807, 2.05) is 13.8 Å². The first-order valence-corrected chi connectivity index (χ1v) is 4.67. The molecule has 0 aliphatic rings. The van der Waals surface area contributed by atoms with E-state index in [0.29, 0.717) is 13.2 Å². The van der Waals surface area contributed by atoms with Crippen molar-refractivity contribution in [2.75, 3.05) is 41.7 Å². The maximum atomic E-state index is 4.98. The van der Waals surface area contributed by atoms with Gasteiger partial charge in [0.15, 0.2) is 0 Å². The summed E-state index contributed by atoms with van der Waals surface area (Å²) in [6.45, 7) is 5.34. The summed E-state index contributed by atoms with van der Waals surface area (Å²) >= 11 is 0. The quantitative estimate of drug-likeness (QED) is 0.617. The fourth-order valence-electron chi connectivity index (χ4n) is 0.550. The second kappa shape index (κ2) is 12.8. The number of rotatable bonds is 6. The highest BCUT2D eigenvalue weighted by Gasteiger charge is 2.07. The van der Waals surface area contributed by atoms with Crippen LogP contribution in [0.2, 0.25) is 0 Å². The highest BCUT2D eigenvalue weighted by atomic mass is 16.5. The smallest absolute Gasteiger partial charge is 0.0801 e. The van der Waals surface area contributed by atoms with Gasteiger partial charge in [0.05, 0.1) is 25.4 Å². The van der Waals surface area contributed by atoms with E-state index in [0.717, 1.165) is 0 Å². The molecule has 0 aromatic heterocycles. The number of hydrogen-bond donors (Lipinski definition) is 0. The van der Waals surface area contributed by atoms with Crippen molar-refractivity contribution < 1.29 is 18.9 Å². The second-order valence-corrected chi connectivity index (χ2v) is 2.87. The largest absolute Gasteiger partial charge is 0.382 e. The molecule has 0 aliphatic carbocycles. The molecule has 0 aliphatic heterocycles. The Morgan fingerprint density at radius 3 is 1.14 bits per heavy atom. The van der Waals surface area contributed by atoms with E-state index in [9.17, 15) is 0 Å². The van der Waals surface area contributed by atoms with Crippen LogP contribution in [0, 0.1) is 0 Å². The molecule has 0 spiro atoms. The minimum Gasteiger partial charge on any atom is -0.382 e. The molecule has 0 amide bonds. The summed E-state index contributed by atoms with van der Waals surface area (Å²) in [4.78, 5) is 0. The fraction of sp³-hybridized carbons (Fsp3) is 1.00. The topological polar surface area (TPSA) is 36.9 Å². The van der Waals surface area contributed by atoms with Crippen LogP contribution < -0.4 is 0 Å². The molecule has 4 nitrogen and oxygen atoms in total.